The van der Waals surface area contributed by atoms with Crippen molar-refractivity contribution in [3.63, 3.8) is 0 Å². The van der Waals surface area contributed by atoms with Gasteiger partial charge in [-0.3, -0.25) is 4.79 Å². The zero-order chi connectivity index (χ0) is 21.5. The summed E-state index contributed by atoms with van der Waals surface area (Å²) in [4.78, 5) is 28.2. The van der Waals surface area contributed by atoms with Gasteiger partial charge in [-0.05, 0) is 41.0 Å². The van der Waals surface area contributed by atoms with E-state index in [1.807, 2.05) is 54.7 Å². The normalized spacial score (nSPS) is 10.6. The molecule has 0 saturated heterocycles. The maximum atomic E-state index is 12.2. The lowest BCUT2D eigenvalue weighted by molar-refractivity contribution is 0.240. The molecule has 0 fully saturated rings. The van der Waals surface area contributed by atoms with Crippen molar-refractivity contribution in [3.8, 4) is 5.82 Å². The Balaban J connectivity index is 1.26. The molecule has 0 unspecified atom stereocenters. The molecule has 4 aromatic rings. The number of hydrogen-bond acceptors (Lipinski definition) is 4. The van der Waals surface area contributed by atoms with Gasteiger partial charge in [-0.15, -0.1) is 0 Å². The third kappa shape index (κ3) is 5.45. The lowest BCUT2D eigenvalue weighted by Crippen LogP contribution is -2.34. The Morgan fingerprint density at radius 3 is 2.35 bits per heavy atom. The van der Waals surface area contributed by atoms with Gasteiger partial charge in [0.2, 0.25) is 0 Å². The van der Waals surface area contributed by atoms with Gasteiger partial charge in [-0.25, -0.2) is 14.5 Å². The van der Waals surface area contributed by atoms with Crippen LogP contribution in [0.5, 0.6) is 0 Å². The number of carbonyl (C=O) groups excluding carboxylic acids is 1. The van der Waals surface area contributed by atoms with E-state index in [-0.39, 0.29) is 11.6 Å². The highest BCUT2D eigenvalue weighted by atomic mass is 16.2. The van der Waals surface area contributed by atoms with Crippen LogP contribution in [0.2, 0.25) is 0 Å². The smallest absolute Gasteiger partial charge is 0.315 e. The first kappa shape index (κ1) is 20.1. The van der Waals surface area contributed by atoms with Crippen LogP contribution < -0.4 is 16.2 Å². The van der Waals surface area contributed by atoms with Gasteiger partial charge in [0.05, 0.1) is 6.54 Å². The van der Waals surface area contributed by atoms with Gasteiger partial charge in [0.25, 0.3) is 5.56 Å². The van der Waals surface area contributed by atoms with E-state index in [2.05, 4.69) is 20.7 Å². The number of carbonyl (C=O) groups is 1. The molecule has 2 N–H and O–H groups in total. The molecule has 8 heteroatoms. The Kier molecular flexibility index (Phi) is 6.18. The highest BCUT2D eigenvalue weighted by Gasteiger charge is 2.04. The third-order valence-corrected chi connectivity index (χ3v) is 4.73. The highest BCUT2D eigenvalue weighted by Crippen LogP contribution is 2.07. The molecule has 31 heavy (non-hydrogen) atoms. The van der Waals surface area contributed by atoms with Crippen molar-refractivity contribution in [1.29, 1.82) is 0 Å². The van der Waals surface area contributed by atoms with Crippen molar-refractivity contribution < 1.29 is 4.79 Å². The third-order valence-electron chi connectivity index (χ3n) is 4.73. The Morgan fingerprint density at radius 2 is 1.61 bits per heavy atom. The number of benzene rings is 1. The quantitative estimate of drug-likeness (QED) is 0.486. The minimum Gasteiger partial charge on any atom is -0.334 e. The molecule has 0 atom stereocenters. The van der Waals surface area contributed by atoms with E-state index in [1.54, 1.807) is 40.0 Å². The molecule has 3 aromatic heterocycles. The van der Waals surface area contributed by atoms with Gasteiger partial charge in [0, 0.05) is 43.9 Å². The predicted octanol–water partition coefficient (Wildman–Crippen LogP) is 2.48. The molecular formula is C23H22N6O2. The van der Waals surface area contributed by atoms with E-state index in [4.69, 9.17) is 0 Å². The number of hydrogen-bond donors (Lipinski definition) is 2. The second kappa shape index (κ2) is 9.53. The van der Waals surface area contributed by atoms with Gasteiger partial charge in [-0.2, -0.15) is 5.10 Å². The molecular weight excluding hydrogens is 392 g/mol. The summed E-state index contributed by atoms with van der Waals surface area (Å²) in [6.07, 6.45) is 6.96. The average molecular weight is 414 g/mol. The molecule has 2 amide bonds. The van der Waals surface area contributed by atoms with Gasteiger partial charge in [-0.1, -0.05) is 30.3 Å². The van der Waals surface area contributed by atoms with E-state index < -0.39 is 0 Å². The first-order chi connectivity index (χ1) is 15.2. The SMILES string of the molecule is O=C(NCc1ccc(Cn2ccccc2=O)cc1)NCc1ccnc(-n2cccn2)c1. The fourth-order valence-electron chi connectivity index (χ4n) is 3.08. The zero-order valence-electron chi connectivity index (χ0n) is 16.8. The standard InChI is InChI=1S/C23H22N6O2/c30-22-4-1-2-12-28(22)17-19-7-5-18(6-8-19)15-25-23(31)26-16-20-9-11-24-21(14-20)29-13-3-10-27-29/h1-14H,15-17H2,(H2,25,26,31). The lowest BCUT2D eigenvalue weighted by atomic mass is 10.1. The van der Waals surface area contributed by atoms with Gasteiger partial charge < -0.3 is 15.2 Å². The van der Waals surface area contributed by atoms with Crippen molar-refractivity contribution in [2.24, 2.45) is 0 Å². The number of urea groups is 1. The number of rotatable bonds is 7. The van der Waals surface area contributed by atoms with E-state index in [9.17, 15) is 9.59 Å². The molecule has 1 aromatic carbocycles. The summed E-state index contributed by atoms with van der Waals surface area (Å²) in [5.74, 6) is 0.697. The Bertz CT molecular complexity index is 1200. The molecule has 0 bridgehead atoms. The molecule has 0 aliphatic carbocycles. The van der Waals surface area contributed by atoms with Crippen LogP contribution >= 0.6 is 0 Å². The maximum Gasteiger partial charge on any atom is 0.315 e. The van der Waals surface area contributed by atoms with Gasteiger partial charge >= 0.3 is 6.03 Å². The number of nitrogens with one attached hydrogen (secondary N) is 2. The van der Waals surface area contributed by atoms with Crippen molar-refractivity contribution >= 4 is 6.03 Å². The molecule has 0 aliphatic heterocycles. The molecule has 156 valence electrons. The predicted molar refractivity (Wildman–Crippen MR) is 117 cm³/mol. The lowest BCUT2D eigenvalue weighted by Gasteiger charge is -2.10. The molecule has 4 rings (SSSR count). The Labute approximate surface area is 179 Å². The average Bonchev–Trinajstić information content (AvgIpc) is 3.34. The first-order valence-corrected chi connectivity index (χ1v) is 9.87. The van der Waals surface area contributed by atoms with Crippen LogP contribution in [0, 0.1) is 0 Å². The van der Waals surface area contributed by atoms with Crippen molar-refractivity contribution in [2.45, 2.75) is 19.6 Å². The van der Waals surface area contributed by atoms with Crippen molar-refractivity contribution in [2.75, 3.05) is 0 Å². The summed E-state index contributed by atoms with van der Waals surface area (Å²) in [5, 5.41) is 9.85. The summed E-state index contributed by atoms with van der Waals surface area (Å²) in [7, 11) is 0. The van der Waals surface area contributed by atoms with Crippen LogP contribution in [0.3, 0.4) is 0 Å². The Hall–Kier alpha value is -4.20. The first-order valence-electron chi connectivity index (χ1n) is 9.87. The van der Waals surface area contributed by atoms with E-state index in [0.29, 0.717) is 25.5 Å². The van der Waals surface area contributed by atoms with Crippen LogP contribution in [0.15, 0.2) is 90.2 Å². The largest absolute Gasteiger partial charge is 0.334 e. The topological polar surface area (TPSA) is 93.8 Å². The number of nitrogens with zero attached hydrogens (tertiary/aromatic N) is 4. The fraction of sp³-hybridized carbons (Fsp3) is 0.130. The second-order valence-corrected chi connectivity index (χ2v) is 6.99. The van der Waals surface area contributed by atoms with Gasteiger partial charge in [0.15, 0.2) is 5.82 Å². The van der Waals surface area contributed by atoms with Crippen LogP contribution in [-0.2, 0) is 19.6 Å². The minimum atomic E-state index is -0.252. The second-order valence-electron chi connectivity index (χ2n) is 6.99. The van der Waals surface area contributed by atoms with Crippen LogP contribution in [0.1, 0.15) is 16.7 Å². The number of amides is 2. The summed E-state index contributed by atoms with van der Waals surface area (Å²) >= 11 is 0. The van der Waals surface area contributed by atoms with E-state index >= 15 is 0 Å². The fourth-order valence-corrected chi connectivity index (χ4v) is 3.08. The van der Waals surface area contributed by atoms with Crippen LogP contribution in [0.25, 0.3) is 5.82 Å². The number of aromatic nitrogens is 4. The van der Waals surface area contributed by atoms with Crippen LogP contribution in [0.4, 0.5) is 4.79 Å². The highest BCUT2D eigenvalue weighted by molar-refractivity contribution is 5.73. The van der Waals surface area contributed by atoms with E-state index in [0.717, 1.165) is 16.7 Å². The summed E-state index contributed by atoms with van der Waals surface area (Å²) in [5.41, 5.74) is 2.89. The van der Waals surface area contributed by atoms with Crippen LogP contribution in [-0.4, -0.2) is 25.4 Å². The van der Waals surface area contributed by atoms with Crippen molar-refractivity contribution in [3.05, 3.63) is 112 Å². The molecule has 3 heterocycles. The Morgan fingerprint density at radius 1 is 0.839 bits per heavy atom. The summed E-state index contributed by atoms with van der Waals surface area (Å²) < 4.78 is 3.32. The molecule has 0 radical (unpaired) electrons. The molecule has 0 aliphatic rings. The molecule has 0 saturated carbocycles. The maximum absolute atomic E-state index is 12.2. The summed E-state index contributed by atoms with van der Waals surface area (Å²) in [6.45, 7) is 1.31. The monoisotopic (exact) mass is 414 g/mol. The summed E-state index contributed by atoms with van der Waals surface area (Å²) in [6, 6.07) is 18.2. The molecule has 8 nitrogen and oxygen atoms in total. The van der Waals surface area contributed by atoms with E-state index in [1.165, 1.54) is 0 Å². The van der Waals surface area contributed by atoms with Gasteiger partial charge in [0.1, 0.15) is 0 Å². The van der Waals surface area contributed by atoms with Crippen molar-refractivity contribution in [1.82, 2.24) is 30.0 Å². The molecule has 0 spiro atoms. The number of pyridine rings is 2. The zero-order valence-corrected chi connectivity index (χ0v) is 16.8. The minimum absolute atomic E-state index is 0.0316.